The van der Waals surface area contributed by atoms with Gasteiger partial charge >= 0.3 is 5.69 Å². The molecule has 0 fully saturated rings. The first-order chi connectivity index (χ1) is 9.35. The predicted molar refractivity (Wildman–Crippen MR) is 72.4 cm³/mol. The number of sulfonamides is 1. The standard InChI is InChI=1S/C8H15N7O4S/c1-20(18,19)13-4-2-3-10-7-6(15(16)17)8(14-9)12-5-11-7/h5,13H,2-4,9H2,1H3,(H2,10,11,12,14). The minimum atomic E-state index is -3.24. The summed E-state index contributed by atoms with van der Waals surface area (Å²) in [5, 5.41) is 13.7. The molecule has 0 spiro atoms. The molecular formula is C8H15N7O4S. The zero-order chi connectivity index (χ0) is 15.2. The monoisotopic (exact) mass is 305 g/mol. The molecule has 12 heteroatoms. The summed E-state index contributed by atoms with van der Waals surface area (Å²) in [5.41, 5.74) is 1.74. The van der Waals surface area contributed by atoms with E-state index in [1.807, 2.05) is 0 Å². The Bertz CT molecular complexity index is 576. The lowest BCUT2D eigenvalue weighted by atomic mass is 10.4. The Kier molecular flexibility index (Phi) is 5.54. The highest BCUT2D eigenvalue weighted by Gasteiger charge is 2.21. The van der Waals surface area contributed by atoms with Crippen LogP contribution < -0.4 is 21.3 Å². The highest BCUT2D eigenvalue weighted by atomic mass is 32.2. The van der Waals surface area contributed by atoms with E-state index in [-0.39, 0.29) is 23.9 Å². The minimum absolute atomic E-state index is 0.0114. The average Bonchev–Trinajstić information content (AvgIpc) is 2.36. The fourth-order valence-electron chi connectivity index (χ4n) is 1.34. The molecule has 0 aliphatic heterocycles. The maximum absolute atomic E-state index is 10.9. The Morgan fingerprint density at radius 1 is 1.35 bits per heavy atom. The van der Waals surface area contributed by atoms with E-state index in [4.69, 9.17) is 5.84 Å². The number of anilines is 2. The van der Waals surface area contributed by atoms with Gasteiger partial charge in [-0.05, 0) is 6.42 Å². The van der Waals surface area contributed by atoms with E-state index in [0.717, 1.165) is 12.6 Å². The topological polar surface area (TPSA) is 165 Å². The van der Waals surface area contributed by atoms with E-state index in [0.29, 0.717) is 13.0 Å². The molecular weight excluding hydrogens is 290 g/mol. The van der Waals surface area contributed by atoms with Gasteiger partial charge in [0, 0.05) is 13.1 Å². The van der Waals surface area contributed by atoms with Gasteiger partial charge in [-0.15, -0.1) is 0 Å². The van der Waals surface area contributed by atoms with E-state index in [1.54, 1.807) is 0 Å². The molecule has 0 amide bonds. The van der Waals surface area contributed by atoms with E-state index in [2.05, 4.69) is 25.4 Å². The molecule has 0 saturated carbocycles. The van der Waals surface area contributed by atoms with Crippen LogP contribution in [0, 0.1) is 10.1 Å². The number of nitrogens with two attached hydrogens (primary N) is 1. The van der Waals surface area contributed by atoms with Crippen LogP contribution in [-0.4, -0.2) is 42.7 Å². The molecule has 0 unspecified atom stereocenters. The number of nitro groups is 1. The summed E-state index contributed by atoms with van der Waals surface area (Å²) in [6.45, 7) is 0.511. The van der Waals surface area contributed by atoms with Crippen LogP contribution in [0.15, 0.2) is 6.33 Å². The zero-order valence-corrected chi connectivity index (χ0v) is 11.5. The molecule has 11 nitrogen and oxygen atoms in total. The zero-order valence-electron chi connectivity index (χ0n) is 10.7. The minimum Gasteiger partial charge on any atom is -0.364 e. The summed E-state index contributed by atoms with van der Waals surface area (Å²) in [4.78, 5) is 17.7. The van der Waals surface area contributed by atoms with Crippen LogP contribution in [0.3, 0.4) is 0 Å². The average molecular weight is 305 g/mol. The second-order valence-electron chi connectivity index (χ2n) is 3.77. The molecule has 0 radical (unpaired) electrons. The van der Waals surface area contributed by atoms with Crippen LogP contribution in [0.4, 0.5) is 17.3 Å². The van der Waals surface area contributed by atoms with Gasteiger partial charge in [0.25, 0.3) is 0 Å². The summed E-state index contributed by atoms with van der Waals surface area (Å²) in [7, 11) is -3.24. The Balaban J connectivity index is 2.62. The number of nitrogens with one attached hydrogen (secondary N) is 3. The van der Waals surface area contributed by atoms with Crippen LogP contribution in [0.5, 0.6) is 0 Å². The molecule has 0 aliphatic carbocycles. The van der Waals surface area contributed by atoms with Crippen molar-refractivity contribution >= 4 is 27.3 Å². The summed E-state index contributed by atoms with van der Waals surface area (Å²) in [5.74, 6) is 5.03. The van der Waals surface area contributed by atoms with Crippen molar-refractivity contribution in [2.75, 3.05) is 30.1 Å². The van der Waals surface area contributed by atoms with Crippen molar-refractivity contribution in [2.45, 2.75) is 6.42 Å². The Labute approximate surface area is 115 Å². The Morgan fingerprint density at radius 2 is 2.00 bits per heavy atom. The normalized spacial score (nSPS) is 11.1. The van der Waals surface area contributed by atoms with Gasteiger partial charge in [-0.2, -0.15) is 0 Å². The molecule has 112 valence electrons. The molecule has 1 aromatic rings. The van der Waals surface area contributed by atoms with Crippen molar-refractivity contribution in [3.8, 4) is 0 Å². The third-order valence-corrected chi connectivity index (χ3v) is 2.88. The molecule has 0 aliphatic rings. The third kappa shape index (κ3) is 4.91. The van der Waals surface area contributed by atoms with Crippen LogP contribution in [0.2, 0.25) is 0 Å². The molecule has 5 N–H and O–H groups in total. The van der Waals surface area contributed by atoms with E-state index < -0.39 is 14.9 Å². The molecule has 20 heavy (non-hydrogen) atoms. The quantitative estimate of drug-likeness (QED) is 0.204. The van der Waals surface area contributed by atoms with E-state index in [9.17, 15) is 18.5 Å². The highest BCUT2D eigenvalue weighted by molar-refractivity contribution is 7.88. The smallest absolute Gasteiger partial charge is 0.354 e. The summed E-state index contributed by atoms with van der Waals surface area (Å²) < 4.78 is 24.0. The fourth-order valence-corrected chi connectivity index (χ4v) is 1.85. The number of nitrogens with zero attached hydrogens (tertiary/aromatic N) is 3. The molecule has 0 bridgehead atoms. The first-order valence-electron chi connectivity index (χ1n) is 5.49. The second-order valence-corrected chi connectivity index (χ2v) is 5.60. The molecule has 1 aromatic heterocycles. The number of rotatable bonds is 8. The first-order valence-corrected chi connectivity index (χ1v) is 7.39. The van der Waals surface area contributed by atoms with Crippen molar-refractivity contribution in [3.05, 3.63) is 16.4 Å². The van der Waals surface area contributed by atoms with Gasteiger partial charge in [0.2, 0.25) is 21.7 Å². The largest absolute Gasteiger partial charge is 0.364 e. The molecule has 0 saturated heterocycles. The van der Waals surface area contributed by atoms with Crippen molar-refractivity contribution in [1.29, 1.82) is 0 Å². The van der Waals surface area contributed by atoms with Gasteiger partial charge < -0.3 is 10.7 Å². The Hall–Kier alpha value is -2.05. The second kappa shape index (κ2) is 6.93. The Morgan fingerprint density at radius 3 is 2.55 bits per heavy atom. The fraction of sp³-hybridized carbons (Fsp3) is 0.500. The summed E-state index contributed by atoms with van der Waals surface area (Å²) in [6.07, 6.45) is 2.60. The SMILES string of the molecule is CS(=O)(=O)NCCCNc1ncnc(NN)c1[N+](=O)[O-]. The highest BCUT2D eigenvalue weighted by Crippen LogP contribution is 2.27. The van der Waals surface area contributed by atoms with Crippen molar-refractivity contribution in [1.82, 2.24) is 14.7 Å². The molecule has 1 rings (SSSR count). The number of hydrazine groups is 1. The predicted octanol–water partition coefficient (Wildman–Crippen LogP) is -0.978. The van der Waals surface area contributed by atoms with Crippen molar-refractivity contribution < 1.29 is 13.3 Å². The lowest BCUT2D eigenvalue weighted by molar-refractivity contribution is -0.383. The first kappa shape index (κ1) is 16.0. The van der Waals surface area contributed by atoms with Crippen LogP contribution in [0.1, 0.15) is 6.42 Å². The van der Waals surface area contributed by atoms with Crippen LogP contribution >= 0.6 is 0 Å². The van der Waals surface area contributed by atoms with Crippen LogP contribution in [0.25, 0.3) is 0 Å². The number of hydrogen-bond donors (Lipinski definition) is 4. The summed E-state index contributed by atoms with van der Waals surface area (Å²) >= 11 is 0. The van der Waals surface area contributed by atoms with Gasteiger partial charge in [0.15, 0.2) is 0 Å². The lowest BCUT2D eigenvalue weighted by Gasteiger charge is -2.08. The molecule has 1 heterocycles. The van der Waals surface area contributed by atoms with E-state index in [1.165, 1.54) is 0 Å². The third-order valence-electron chi connectivity index (χ3n) is 2.15. The number of aromatic nitrogens is 2. The van der Waals surface area contributed by atoms with Crippen molar-refractivity contribution in [2.24, 2.45) is 5.84 Å². The lowest BCUT2D eigenvalue weighted by Crippen LogP contribution is -2.24. The maximum atomic E-state index is 10.9. The van der Waals surface area contributed by atoms with Gasteiger partial charge in [-0.25, -0.2) is 29.0 Å². The maximum Gasteiger partial charge on any atom is 0.354 e. The number of nitrogen functional groups attached to an aromatic ring is 1. The van der Waals surface area contributed by atoms with Gasteiger partial charge in [0.05, 0.1) is 11.2 Å². The summed E-state index contributed by atoms with van der Waals surface area (Å²) in [6, 6.07) is 0. The molecule has 0 atom stereocenters. The molecule has 0 aromatic carbocycles. The number of hydrogen-bond acceptors (Lipinski definition) is 9. The van der Waals surface area contributed by atoms with Crippen LogP contribution in [-0.2, 0) is 10.0 Å². The van der Waals surface area contributed by atoms with E-state index >= 15 is 0 Å². The van der Waals surface area contributed by atoms with Gasteiger partial charge in [0.1, 0.15) is 6.33 Å². The van der Waals surface area contributed by atoms with Gasteiger partial charge in [-0.1, -0.05) is 0 Å². The van der Waals surface area contributed by atoms with Gasteiger partial charge in [-0.3, -0.25) is 10.1 Å². The van der Waals surface area contributed by atoms with Crippen molar-refractivity contribution in [3.63, 3.8) is 0 Å².